The average Bonchev–Trinajstić information content (AvgIpc) is 3.17. The molecule has 1 unspecified atom stereocenters. The van der Waals surface area contributed by atoms with Crippen LogP contribution in [0.5, 0.6) is 0 Å². The molecule has 0 spiro atoms. The minimum atomic E-state index is 0. The van der Waals surface area contributed by atoms with Gasteiger partial charge in [0.2, 0.25) is 0 Å². The molecule has 0 bridgehead atoms. The topological polar surface area (TPSA) is 0 Å². The van der Waals surface area contributed by atoms with Gasteiger partial charge in [-0.1, -0.05) is 59.7 Å². The molecule has 0 heterocycles. The maximum atomic E-state index is 2.28. The van der Waals surface area contributed by atoms with E-state index >= 15 is 0 Å². The van der Waals surface area contributed by atoms with Crippen molar-refractivity contribution in [1.82, 2.24) is 0 Å². The summed E-state index contributed by atoms with van der Waals surface area (Å²) in [5.74, 6) is 0. The van der Waals surface area contributed by atoms with Crippen LogP contribution in [0.3, 0.4) is 0 Å². The Morgan fingerprint density at radius 1 is 0.591 bits per heavy atom. The van der Waals surface area contributed by atoms with Gasteiger partial charge in [0.05, 0.1) is 0 Å². The summed E-state index contributed by atoms with van der Waals surface area (Å²) in [7, 11) is 0.914. The molecule has 124 valence electrons. The summed E-state index contributed by atoms with van der Waals surface area (Å²) >= 11 is 0. The monoisotopic (exact) mass is 470 g/mol. The van der Waals surface area contributed by atoms with Crippen LogP contribution >= 0.6 is 8.58 Å². The summed E-state index contributed by atoms with van der Waals surface area (Å²) in [5.41, 5.74) is 0. The Balaban J connectivity index is 0.000000334. The third kappa shape index (κ3) is 14.7. The Hall–Kier alpha value is 1.17. The van der Waals surface area contributed by atoms with Crippen LogP contribution in [0.15, 0.2) is 30.3 Å². The fourth-order valence-corrected chi connectivity index (χ4v) is 2.82. The molecule has 1 aromatic rings. The fraction of sp³-hybridized carbons (Fsp3) is 0.200. The molecule has 0 aliphatic heterocycles. The van der Waals surface area contributed by atoms with E-state index in [0.29, 0.717) is 5.16 Å². The molecule has 1 atom stereocenters. The summed E-state index contributed by atoms with van der Waals surface area (Å²) < 4.78 is 0. The fourth-order valence-electron chi connectivity index (χ4n) is 1.60. The zero-order valence-electron chi connectivity index (χ0n) is 13.4. The molecule has 2 aliphatic rings. The van der Waals surface area contributed by atoms with Crippen LogP contribution in [0.1, 0.15) is 20.8 Å². The van der Waals surface area contributed by atoms with Crippen molar-refractivity contribution in [2.45, 2.75) is 25.9 Å². The van der Waals surface area contributed by atoms with Crippen molar-refractivity contribution in [3.05, 3.63) is 94.5 Å². The first-order valence-electron chi connectivity index (χ1n) is 7.24. The van der Waals surface area contributed by atoms with Crippen molar-refractivity contribution in [2.24, 2.45) is 0 Å². The minimum absolute atomic E-state index is 0. The smallest absolute Gasteiger partial charge is 0 e. The maximum Gasteiger partial charge on any atom is 0 e. The third-order valence-corrected chi connectivity index (χ3v) is 3.78. The Bertz CT molecular complexity index is 309. The van der Waals surface area contributed by atoms with Gasteiger partial charge in [0.1, 0.15) is 0 Å². The van der Waals surface area contributed by atoms with Gasteiger partial charge in [-0.3, -0.25) is 0 Å². The Labute approximate surface area is 179 Å². The van der Waals surface area contributed by atoms with Crippen LogP contribution in [0.25, 0.3) is 0 Å². The van der Waals surface area contributed by atoms with E-state index in [1.807, 2.05) is 64.2 Å². The van der Waals surface area contributed by atoms with Gasteiger partial charge in [-0.05, 0) is 74.7 Å². The molecule has 3 rings (SSSR count). The van der Waals surface area contributed by atoms with E-state index in [2.05, 4.69) is 51.1 Å². The molecule has 10 radical (unpaired) electrons. The molecule has 0 aromatic heterocycles. The van der Waals surface area contributed by atoms with E-state index in [1.54, 1.807) is 0 Å². The molecule has 0 saturated heterocycles. The Morgan fingerprint density at radius 3 is 1.18 bits per heavy atom. The van der Waals surface area contributed by atoms with E-state index in [9.17, 15) is 0 Å². The standard InChI is InChI=1S/C10H15P.2C5H5.Yb/c1-10(2,3)11-9-7-5-4-6-8-9;2*1-2-4-5-3-1;/h4-8,11H,1-3H3;2*1-5H;. The van der Waals surface area contributed by atoms with E-state index in [4.69, 9.17) is 0 Å². The summed E-state index contributed by atoms with van der Waals surface area (Å²) in [6.45, 7) is 6.83. The SMILES string of the molecule is CC(C)(C)Pc1ccccc1.[CH]1[CH][CH][CH][CH]1.[CH]1[CH][CH][CH][CH]1.[Yb]. The van der Waals surface area contributed by atoms with Gasteiger partial charge in [-0.2, -0.15) is 0 Å². The first-order chi connectivity index (χ1) is 10.1. The van der Waals surface area contributed by atoms with E-state index in [1.165, 1.54) is 5.30 Å². The summed E-state index contributed by atoms with van der Waals surface area (Å²) in [6.07, 6.45) is 20.0. The Kier molecular flexibility index (Phi) is 15.3. The quantitative estimate of drug-likeness (QED) is 0.517. The molecule has 2 saturated carbocycles. The van der Waals surface area contributed by atoms with Crippen molar-refractivity contribution in [3.8, 4) is 0 Å². The van der Waals surface area contributed by atoms with Gasteiger partial charge in [0.15, 0.2) is 0 Å². The normalized spacial score (nSPS) is 17.2. The number of rotatable bonds is 1. The second-order valence-electron chi connectivity index (χ2n) is 5.67. The Morgan fingerprint density at radius 2 is 0.909 bits per heavy atom. The minimum Gasteiger partial charge on any atom is -0.0849 e. The summed E-state index contributed by atoms with van der Waals surface area (Å²) in [5, 5.41) is 1.89. The predicted octanol–water partition coefficient (Wildman–Crippen LogP) is 4.83. The largest absolute Gasteiger partial charge is 0.0849 e. The van der Waals surface area contributed by atoms with Gasteiger partial charge in [-0.25, -0.2) is 0 Å². The first kappa shape index (κ1) is 23.2. The van der Waals surface area contributed by atoms with Gasteiger partial charge >= 0.3 is 0 Å². The average molecular weight is 469 g/mol. The van der Waals surface area contributed by atoms with Crippen LogP contribution < -0.4 is 5.30 Å². The molecule has 2 heteroatoms. The van der Waals surface area contributed by atoms with Gasteiger partial charge in [-0.15, -0.1) is 0 Å². The van der Waals surface area contributed by atoms with E-state index in [-0.39, 0.29) is 46.9 Å². The van der Waals surface area contributed by atoms with Crippen LogP contribution in [0.2, 0.25) is 0 Å². The van der Waals surface area contributed by atoms with Crippen molar-refractivity contribution >= 4 is 13.9 Å². The molecule has 2 fully saturated rings. The van der Waals surface area contributed by atoms with Gasteiger partial charge in [0.25, 0.3) is 0 Å². The summed E-state index contributed by atoms with van der Waals surface area (Å²) in [4.78, 5) is 0. The number of benzene rings is 1. The van der Waals surface area contributed by atoms with E-state index < -0.39 is 0 Å². The molecule has 22 heavy (non-hydrogen) atoms. The van der Waals surface area contributed by atoms with Crippen molar-refractivity contribution in [3.63, 3.8) is 0 Å². The van der Waals surface area contributed by atoms with E-state index in [0.717, 1.165) is 8.58 Å². The molecule has 0 N–H and O–H groups in total. The molecular weight excluding hydrogens is 444 g/mol. The van der Waals surface area contributed by atoms with Crippen LogP contribution in [-0.2, 0) is 0 Å². The van der Waals surface area contributed by atoms with Crippen molar-refractivity contribution < 1.29 is 46.9 Å². The van der Waals surface area contributed by atoms with Crippen LogP contribution in [-0.4, -0.2) is 5.16 Å². The third-order valence-electron chi connectivity index (χ3n) is 2.40. The van der Waals surface area contributed by atoms with Crippen molar-refractivity contribution in [2.75, 3.05) is 0 Å². The first-order valence-corrected chi connectivity index (χ1v) is 8.24. The zero-order valence-corrected chi connectivity index (χ0v) is 16.1. The zero-order chi connectivity index (χ0) is 15.4. The van der Waals surface area contributed by atoms with Gasteiger partial charge in [0, 0.05) is 46.9 Å². The van der Waals surface area contributed by atoms with Crippen LogP contribution in [0, 0.1) is 111 Å². The maximum absolute atomic E-state index is 2.28. The predicted molar refractivity (Wildman–Crippen MR) is 97.1 cm³/mol. The molecule has 2 aliphatic carbocycles. The molecule has 0 nitrogen and oxygen atoms in total. The molecule has 1 aromatic carbocycles. The van der Waals surface area contributed by atoms with Gasteiger partial charge < -0.3 is 0 Å². The second kappa shape index (κ2) is 14.5. The second-order valence-corrected chi connectivity index (χ2v) is 7.99. The van der Waals surface area contributed by atoms with Crippen molar-refractivity contribution in [1.29, 1.82) is 0 Å². The molecular formula is C20H25PYb. The summed E-state index contributed by atoms with van der Waals surface area (Å²) in [6, 6.07) is 10.7. The number of hydrogen-bond acceptors (Lipinski definition) is 0. The molecule has 0 amide bonds. The van der Waals surface area contributed by atoms with Crippen LogP contribution in [0.4, 0.5) is 0 Å². The number of hydrogen-bond donors (Lipinski definition) is 0.